The number of ether oxygens (including phenoxy) is 1. The first-order chi connectivity index (χ1) is 18.0. The zero-order valence-electron chi connectivity index (χ0n) is 21.4. The molecule has 11 heteroatoms. The fraction of sp³-hybridized carbons (Fsp3) is 0.333. The Morgan fingerprint density at radius 3 is 2.03 bits per heavy atom. The number of rotatable bonds is 13. The smallest absolute Gasteiger partial charge is 0.336 e. The van der Waals surface area contributed by atoms with Gasteiger partial charge in [-0.3, -0.25) is 19.2 Å². The highest BCUT2D eigenvalue weighted by atomic mass is 16.5. The minimum Gasteiger partial charge on any atom is -0.492 e. The summed E-state index contributed by atoms with van der Waals surface area (Å²) in [6.07, 6.45) is -0.309. The number of hydrogen-bond acceptors (Lipinski definition) is 7. The molecule has 0 aliphatic heterocycles. The fourth-order valence-electron chi connectivity index (χ4n) is 3.48. The molecule has 0 saturated heterocycles. The van der Waals surface area contributed by atoms with Crippen molar-refractivity contribution in [2.45, 2.75) is 38.5 Å². The first kappa shape index (κ1) is 30.0. The van der Waals surface area contributed by atoms with Crippen LogP contribution in [0.2, 0.25) is 0 Å². The lowest BCUT2D eigenvalue weighted by molar-refractivity contribution is -0.170. The van der Waals surface area contributed by atoms with Crippen molar-refractivity contribution in [1.29, 1.82) is 0 Å². The number of carboxylic acids is 3. The van der Waals surface area contributed by atoms with Gasteiger partial charge in [0.15, 0.2) is 5.60 Å². The second-order valence-electron chi connectivity index (χ2n) is 8.78. The van der Waals surface area contributed by atoms with Crippen LogP contribution in [0.3, 0.4) is 0 Å². The monoisotopic (exact) mass is 527 g/mol. The molecule has 0 bridgehead atoms. The van der Waals surface area contributed by atoms with E-state index in [9.17, 15) is 14.4 Å². The van der Waals surface area contributed by atoms with E-state index < -0.39 is 36.4 Å². The van der Waals surface area contributed by atoms with Crippen molar-refractivity contribution in [2.24, 2.45) is 0 Å². The molecule has 2 aromatic carbocycles. The van der Waals surface area contributed by atoms with E-state index in [2.05, 4.69) is 52.9 Å². The molecule has 0 fully saturated rings. The van der Waals surface area contributed by atoms with Gasteiger partial charge >= 0.3 is 17.9 Å². The van der Waals surface area contributed by atoms with E-state index in [1.165, 1.54) is 16.8 Å². The summed E-state index contributed by atoms with van der Waals surface area (Å²) in [4.78, 5) is 32.7. The molecule has 0 spiro atoms. The summed E-state index contributed by atoms with van der Waals surface area (Å²) in [7, 11) is 2.11. The largest absolute Gasteiger partial charge is 0.492 e. The van der Waals surface area contributed by atoms with E-state index in [4.69, 9.17) is 25.2 Å². The van der Waals surface area contributed by atoms with E-state index in [0.29, 0.717) is 6.61 Å². The number of para-hydroxylation sites is 1. The molecule has 0 atom stereocenters. The van der Waals surface area contributed by atoms with Gasteiger partial charge in [-0.2, -0.15) is 5.10 Å². The lowest BCUT2D eigenvalue weighted by atomic mass is 9.96. The van der Waals surface area contributed by atoms with E-state index in [0.717, 1.165) is 25.4 Å². The number of aromatic nitrogens is 2. The standard InChI is InChI=1S/C21H25N3O.C6H8O7/c1-18-20(15-22-24(18)16-19-9-5-3-6-10-19)17-23(2)13-14-25-21-11-7-4-8-12-21;7-3(8)1-6(13,5(11)12)2-4(9)10/h3-12,15H,13-14,16-17H2,1-2H3;13H,1-2H2,(H,7,8)(H,9,10)(H,11,12). The second-order valence-corrected chi connectivity index (χ2v) is 8.78. The summed E-state index contributed by atoms with van der Waals surface area (Å²) < 4.78 is 7.83. The molecule has 1 heterocycles. The number of aliphatic carboxylic acids is 3. The Labute approximate surface area is 220 Å². The third-order valence-electron chi connectivity index (χ3n) is 5.59. The summed E-state index contributed by atoms with van der Waals surface area (Å²) in [6, 6.07) is 20.4. The van der Waals surface area contributed by atoms with Gasteiger partial charge in [0.05, 0.1) is 25.6 Å². The Bertz CT molecular complexity index is 1170. The summed E-state index contributed by atoms with van der Waals surface area (Å²) in [5, 5.41) is 38.4. The summed E-state index contributed by atoms with van der Waals surface area (Å²) in [6.45, 7) is 5.38. The number of aliphatic hydroxyl groups is 1. The highest BCUT2D eigenvalue weighted by Crippen LogP contribution is 2.16. The molecule has 0 saturated carbocycles. The Morgan fingerprint density at radius 1 is 0.947 bits per heavy atom. The minimum atomic E-state index is -2.74. The van der Waals surface area contributed by atoms with Gasteiger partial charge in [-0.25, -0.2) is 4.79 Å². The van der Waals surface area contributed by atoms with Crippen LogP contribution in [0.1, 0.15) is 29.7 Å². The molecule has 204 valence electrons. The molecular weight excluding hydrogens is 494 g/mol. The van der Waals surface area contributed by atoms with Gasteiger partial charge < -0.3 is 25.2 Å². The molecule has 3 aromatic rings. The van der Waals surface area contributed by atoms with Gasteiger partial charge in [0.2, 0.25) is 0 Å². The van der Waals surface area contributed by atoms with Gasteiger partial charge in [-0.15, -0.1) is 0 Å². The molecule has 11 nitrogen and oxygen atoms in total. The maximum Gasteiger partial charge on any atom is 0.336 e. The van der Waals surface area contributed by atoms with Crippen molar-refractivity contribution < 1.29 is 39.5 Å². The Hall–Kier alpha value is -4.22. The summed E-state index contributed by atoms with van der Waals surface area (Å²) in [5.41, 5.74) is 1.01. The van der Waals surface area contributed by atoms with Crippen LogP contribution >= 0.6 is 0 Å². The topological polar surface area (TPSA) is 162 Å². The molecule has 0 aliphatic rings. The van der Waals surface area contributed by atoms with Crippen LogP contribution < -0.4 is 4.74 Å². The van der Waals surface area contributed by atoms with Crippen LogP contribution in [-0.4, -0.2) is 78.8 Å². The van der Waals surface area contributed by atoms with Gasteiger partial charge in [-0.1, -0.05) is 48.5 Å². The predicted molar refractivity (Wildman–Crippen MR) is 138 cm³/mol. The van der Waals surface area contributed by atoms with Gasteiger partial charge in [0, 0.05) is 24.3 Å². The van der Waals surface area contributed by atoms with Crippen molar-refractivity contribution in [3.63, 3.8) is 0 Å². The summed E-state index contributed by atoms with van der Waals surface area (Å²) in [5.74, 6) is -4.10. The molecule has 0 amide bonds. The van der Waals surface area contributed by atoms with Crippen LogP contribution in [0.25, 0.3) is 0 Å². The van der Waals surface area contributed by atoms with E-state index in [1.54, 1.807) is 0 Å². The molecule has 1 aromatic heterocycles. The zero-order chi connectivity index (χ0) is 28.1. The quantitative estimate of drug-likeness (QED) is 0.260. The lowest BCUT2D eigenvalue weighted by Crippen LogP contribution is -2.42. The SMILES string of the molecule is Cc1c(CN(C)CCOc2ccccc2)cnn1Cc1ccccc1.O=C(O)CC(O)(CC(=O)O)C(=O)O. The second kappa shape index (κ2) is 14.5. The van der Waals surface area contributed by atoms with Crippen molar-refractivity contribution in [2.75, 3.05) is 20.2 Å². The number of likely N-dealkylation sites (N-methyl/N-ethyl adjacent to an activating group) is 1. The van der Waals surface area contributed by atoms with E-state index >= 15 is 0 Å². The van der Waals surface area contributed by atoms with Crippen molar-refractivity contribution in [3.05, 3.63) is 83.7 Å². The Kier molecular flexibility index (Phi) is 11.5. The average Bonchev–Trinajstić information content (AvgIpc) is 3.18. The Balaban J connectivity index is 0.000000332. The molecule has 38 heavy (non-hydrogen) atoms. The third-order valence-corrected chi connectivity index (χ3v) is 5.59. The van der Waals surface area contributed by atoms with Crippen molar-refractivity contribution in [3.8, 4) is 5.75 Å². The van der Waals surface area contributed by atoms with Crippen LogP contribution in [0, 0.1) is 6.92 Å². The van der Waals surface area contributed by atoms with Crippen molar-refractivity contribution in [1.82, 2.24) is 14.7 Å². The number of carboxylic acid groups (broad SMARTS) is 3. The molecule has 3 rings (SSSR count). The molecule has 4 N–H and O–H groups in total. The van der Waals surface area contributed by atoms with Gasteiger partial charge in [0.25, 0.3) is 0 Å². The highest BCUT2D eigenvalue weighted by molar-refractivity contribution is 5.88. The predicted octanol–water partition coefficient (Wildman–Crippen LogP) is 2.50. The number of nitrogens with zero attached hydrogens (tertiary/aromatic N) is 3. The van der Waals surface area contributed by atoms with E-state index in [1.807, 2.05) is 42.6 Å². The molecule has 0 unspecified atom stereocenters. The minimum absolute atomic E-state index is 0.678. The van der Waals surface area contributed by atoms with Crippen LogP contribution in [0.15, 0.2) is 66.9 Å². The average molecular weight is 528 g/mol. The maximum atomic E-state index is 10.3. The fourth-order valence-corrected chi connectivity index (χ4v) is 3.48. The third kappa shape index (κ3) is 10.0. The maximum absolute atomic E-state index is 10.3. The van der Waals surface area contributed by atoms with Crippen LogP contribution in [-0.2, 0) is 27.5 Å². The number of benzene rings is 2. The zero-order valence-corrected chi connectivity index (χ0v) is 21.4. The van der Waals surface area contributed by atoms with E-state index in [-0.39, 0.29) is 0 Å². The highest BCUT2D eigenvalue weighted by Gasteiger charge is 2.40. The van der Waals surface area contributed by atoms with Gasteiger partial charge in [0.1, 0.15) is 12.4 Å². The molecular formula is C27H33N3O8. The first-order valence-electron chi connectivity index (χ1n) is 11.8. The lowest BCUT2D eigenvalue weighted by Gasteiger charge is -2.18. The summed E-state index contributed by atoms with van der Waals surface area (Å²) >= 11 is 0. The van der Waals surface area contributed by atoms with Gasteiger partial charge in [-0.05, 0) is 31.7 Å². The number of carbonyl (C=O) groups is 3. The molecule has 0 radical (unpaired) electrons. The number of hydrogen-bond donors (Lipinski definition) is 4. The van der Waals surface area contributed by atoms with Crippen LogP contribution in [0.4, 0.5) is 0 Å². The van der Waals surface area contributed by atoms with Crippen molar-refractivity contribution >= 4 is 17.9 Å². The first-order valence-corrected chi connectivity index (χ1v) is 11.8. The molecule has 0 aliphatic carbocycles. The normalized spacial score (nSPS) is 10.9. The van der Waals surface area contributed by atoms with Crippen LogP contribution in [0.5, 0.6) is 5.75 Å². The Morgan fingerprint density at radius 2 is 1.50 bits per heavy atom.